The predicted molar refractivity (Wildman–Crippen MR) is 121 cm³/mol. The zero-order chi connectivity index (χ0) is 24.8. The third-order valence-electron chi connectivity index (χ3n) is 5.09. The summed E-state index contributed by atoms with van der Waals surface area (Å²) < 4.78 is 5.72. The van der Waals surface area contributed by atoms with Gasteiger partial charge in [0.25, 0.3) is 0 Å². The molecule has 0 saturated carbocycles. The molecule has 0 fully saturated rings. The first-order valence-corrected chi connectivity index (χ1v) is 11.1. The number of amides is 3. The van der Waals surface area contributed by atoms with Crippen molar-refractivity contribution >= 4 is 46.0 Å². The molecule has 3 rings (SSSR count). The number of nitrogens with one attached hydrogen (secondary N) is 3. The molecule has 0 aliphatic carbocycles. The monoisotopic (exact) mass is 489 g/mol. The number of aliphatic carboxylic acids is 1. The van der Waals surface area contributed by atoms with E-state index in [9.17, 15) is 29.1 Å². The first-order chi connectivity index (χ1) is 16.2. The number of carbonyl (C=O) groups excluding carboxylic acids is 3. The smallest absolute Gasteiger partial charge is 0.394 e. The second-order valence-corrected chi connectivity index (χ2v) is 8.70. The summed E-state index contributed by atoms with van der Waals surface area (Å²) in [6.45, 7) is 1.43. The zero-order valence-electron chi connectivity index (χ0n) is 18.1. The van der Waals surface area contributed by atoms with Crippen LogP contribution in [0.3, 0.4) is 0 Å². The molecule has 2 heterocycles. The van der Waals surface area contributed by atoms with E-state index >= 15 is 0 Å². The topological polar surface area (TPSA) is 171 Å². The van der Waals surface area contributed by atoms with Crippen LogP contribution in [0.15, 0.2) is 30.3 Å². The molecule has 5 N–H and O–H groups in total. The van der Waals surface area contributed by atoms with Crippen LogP contribution in [0.5, 0.6) is 0 Å². The first kappa shape index (κ1) is 24.9. The van der Waals surface area contributed by atoms with E-state index in [-0.39, 0.29) is 36.0 Å². The number of benzene rings is 1. The first-order valence-electron chi connectivity index (χ1n) is 10.3. The fraction of sp³-hybridized carbons (Fsp3) is 0.318. The van der Waals surface area contributed by atoms with Crippen molar-refractivity contribution in [3.05, 3.63) is 51.9 Å². The molecule has 2 atom stereocenters. The molecule has 2 aromatic rings. The summed E-state index contributed by atoms with van der Waals surface area (Å²) in [6.07, 6.45) is -0.121. The van der Waals surface area contributed by atoms with Gasteiger partial charge in [0, 0.05) is 31.2 Å². The highest BCUT2D eigenvalue weighted by atomic mass is 32.1. The largest absolute Gasteiger partial charge is 0.478 e. The molecule has 1 aromatic carbocycles. The van der Waals surface area contributed by atoms with E-state index in [4.69, 9.17) is 9.84 Å². The Morgan fingerprint density at radius 2 is 1.85 bits per heavy atom. The Morgan fingerprint density at radius 3 is 2.47 bits per heavy atom. The molecule has 0 saturated heterocycles. The van der Waals surface area contributed by atoms with Gasteiger partial charge in [0.2, 0.25) is 11.8 Å². The van der Waals surface area contributed by atoms with E-state index in [0.29, 0.717) is 16.9 Å². The van der Waals surface area contributed by atoms with Gasteiger partial charge in [0.1, 0.15) is 11.0 Å². The number of fused-ring (bicyclic) bond motifs is 1. The number of thiophene rings is 1. The van der Waals surface area contributed by atoms with Gasteiger partial charge in [-0.05, 0) is 11.1 Å². The Hall–Kier alpha value is -3.77. The lowest BCUT2D eigenvalue weighted by Gasteiger charge is -2.25. The maximum absolute atomic E-state index is 12.8. The van der Waals surface area contributed by atoms with Gasteiger partial charge in [-0.2, -0.15) is 0 Å². The third-order valence-corrected chi connectivity index (χ3v) is 6.21. The van der Waals surface area contributed by atoms with Crippen LogP contribution in [-0.2, 0) is 43.4 Å². The van der Waals surface area contributed by atoms with Crippen molar-refractivity contribution in [3.8, 4) is 0 Å². The zero-order valence-corrected chi connectivity index (χ0v) is 18.9. The fourth-order valence-corrected chi connectivity index (χ4v) is 4.71. The quantitative estimate of drug-likeness (QED) is 0.339. The van der Waals surface area contributed by atoms with Crippen LogP contribution in [0.25, 0.3) is 0 Å². The van der Waals surface area contributed by atoms with E-state index in [1.807, 2.05) is 30.3 Å². The summed E-state index contributed by atoms with van der Waals surface area (Å²) in [4.78, 5) is 59.0. The van der Waals surface area contributed by atoms with Crippen LogP contribution in [0, 0.1) is 0 Å². The van der Waals surface area contributed by atoms with Crippen LogP contribution < -0.4 is 16.0 Å². The Kier molecular flexibility index (Phi) is 7.97. The lowest BCUT2D eigenvalue weighted by molar-refractivity contribution is -0.147. The molecule has 2 unspecified atom stereocenters. The highest BCUT2D eigenvalue weighted by Gasteiger charge is 2.31. The normalized spacial score (nSPS) is 15.5. The van der Waals surface area contributed by atoms with Crippen molar-refractivity contribution in [2.75, 3.05) is 11.9 Å². The van der Waals surface area contributed by atoms with Crippen molar-refractivity contribution in [3.63, 3.8) is 0 Å². The number of carboxylic acid groups (broad SMARTS) is 2. The maximum Gasteiger partial charge on any atom is 0.394 e. The Morgan fingerprint density at radius 1 is 1.15 bits per heavy atom. The summed E-state index contributed by atoms with van der Waals surface area (Å²) in [5.41, 5.74) is 1.11. The summed E-state index contributed by atoms with van der Waals surface area (Å²) in [5.74, 6) is -5.14. The van der Waals surface area contributed by atoms with Gasteiger partial charge in [-0.1, -0.05) is 30.3 Å². The molecular formula is C22H23N3O8S. The van der Waals surface area contributed by atoms with Gasteiger partial charge in [-0.25, -0.2) is 9.59 Å². The highest BCUT2D eigenvalue weighted by molar-refractivity contribution is 7.17. The standard InChI is InChI=1S/C22H23N3O8S/c1-11(26)24-15(7-12-5-3-2-4-6-12)18(27)23-9-13-8-14-16(10-33-13)34-20(17(14)21(29)30)25-19(28)22(31)32/h2-6,13,15H,7-10H2,1H3,(H,23,27)(H,24,26)(H,25,28)(H,29,30)(H,31,32). The van der Waals surface area contributed by atoms with Gasteiger partial charge in [0.05, 0.1) is 18.3 Å². The molecule has 1 aromatic heterocycles. The predicted octanol–water partition coefficient (Wildman–Crippen LogP) is 0.774. The van der Waals surface area contributed by atoms with E-state index in [1.54, 1.807) is 0 Å². The number of anilines is 1. The minimum atomic E-state index is -1.73. The fourth-order valence-electron chi connectivity index (χ4n) is 3.57. The number of ether oxygens (including phenoxy) is 1. The molecule has 1 aliphatic rings. The second-order valence-electron chi connectivity index (χ2n) is 7.60. The van der Waals surface area contributed by atoms with Gasteiger partial charge in [-0.3, -0.25) is 14.4 Å². The summed E-state index contributed by atoms with van der Waals surface area (Å²) >= 11 is 0.939. The molecule has 3 amide bonds. The molecule has 1 aliphatic heterocycles. The lowest BCUT2D eigenvalue weighted by atomic mass is 10.0. The lowest BCUT2D eigenvalue weighted by Crippen LogP contribution is -2.49. The molecular weight excluding hydrogens is 466 g/mol. The molecule has 0 spiro atoms. The van der Waals surface area contributed by atoms with Gasteiger partial charge < -0.3 is 30.9 Å². The SMILES string of the molecule is CC(=O)NC(Cc1ccccc1)C(=O)NCC1Cc2c(sc(NC(=O)C(=O)O)c2C(=O)O)CO1. The summed E-state index contributed by atoms with van der Waals surface area (Å²) in [6, 6.07) is 8.41. The average molecular weight is 490 g/mol. The number of rotatable bonds is 8. The molecule has 12 heteroatoms. The van der Waals surface area contributed by atoms with E-state index in [1.165, 1.54) is 6.92 Å². The van der Waals surface area contributed by atoms with Gasteiger partial charge in [0.15, 0.2) is 0 Å². The van der Waals surface area contributed by atoms with Crippen molar-refractivity contribution in [2.45, 2.75) is 38.5 Å². The summed E-state index contributed by atoms with van der Waals surface area (Å²) in [5, 5.41) is 25.8. The molecule has 34 heavy (non-hydrogen) atoms. The molecule has 180 valence electrons. The number of carbonyl (C=O) groups is 5. The van der Waals surface area contributed by atoms with Crippen LogP contribution in [0.1, 0.15) is 33.3 Å². The maximum atomic E-state index is 12.8. The van der Waals surface area contributed by atoms with E-state index < -0.39 is 35.9 Å². The number of aromatic carboxylic acids is 1. The van der Waals surface area contributed by atoms with E-state index in [2.05, 4.69) is 16.0 Å². The number of hydrogen-bond acceptors (Lipinski definition) is 7. The van der Waals surface area contributed by atoms with Crippen molar-refractivity contribution in [1.29, 1.82) is 0 Å². The van der Waals surface area contributed by atoms with Gasteiger partial charge in [-0.15, -0.1) is 11.3 Å². The van der Waals surface area contributed by atoms with Crippen molar-refractivity contribution in [1.82, 2.24) is 10.6 Å². The Bertz CT molecular complexity index is 1110. The minimum absolute atomic E-state index is 0.0445. The Balaban J connectivity index is 1.68. The number of carboxylic acids is 2. The van der Waals surface area contributed by atoms with Gasteiger partial charge >= 0.3 is 17.8 Å². The van der Waals surface area contributed by atoms with Crippen LogP contribution in [-0.4, -0.2) is 58.6 Å². The van der Waals surface area contributed by atoms with E-state index in [0.717, 1.165) is 16.9 Å². The highest BCUT2D eigenvalue weighted by Crippen LogP contribution is 2.37. The van der Waals surface area contributed by atoms with Crippen LogP contribution in [0.4, 0.5) is 5.00 Å². The molecule has 11 nitrogen and oxygen atoms in total. The van der Waals surface area contributed by atoms with Crippen molar-refractivity contribution < 1.29 is 38.9 Å². The van der Waals surface area contributed by atoms with Crippen LogP contribution >= 0.6 is 11.3 Å². The second kappa shape index (κ2) is 10.9. The minimum Gasteiger partial charge on any atom is -0.478 e. The Labute approximate surface area is 198 Å². The average Bonchev–Trinajstić information content (AvgIpc) is 3.14. The van der Waals surface area contributed by atoms with Crippen LogP contribution in [0.2, 0.25) is 0 Å². The summed E-state index contributed by atoms with van der Waals surface area (Å²) in [7, 11) is 0. The molecule has 0 radical (unpaired) electrons. The number of hydrogen-bond donors (Lipinski definition) is 5. The third kappa shape index (κ3) is 6.17. The van der Waals surface area contributed by atoms with Crippen molar-refractivity contribution in [2.24, 2.45) is 0 Å². The molecule has 0 bridgehead atoms.